The van der Waals surface area contributed by atoms with Crippen molar-refractivity contribution in [2.45, 2.75) is 38.8 Å². The molecule has 2 aromatic carbocycles. The maximum absolute atomic E-state index is 13.3. The number of carbonyl (C=O) groups is 2. The van der Waals surface area contributed by atoms with Crippen LogP contribution >= 0.6 is 0 Å². The number of anilines is 2. The number of rotatable bonds is 8. The Bertz CT molecular complexity index is 1070. The minimum Gasteiger partial charge on any atom is -0.459 e. The van der Waals surface area contributed by atoms with Crippen LogP contribution in [0.15, 0.2) is 71.3 Å². The smallest absolute Gasteiger partial charge is 0.290 e. The molecule has 6 heteroatoms. The molecule has 0 radical (unpaired) electrons. The normalized spacial score (nSPS) is 13.6. The fourth-order valence-corrected chi connectivity index (χ4v) is 4.42. The van der Waals surface area contributed by atoms with Gasteiger partial charge in [0.15, 0.2) is 5.76 Å². The van der Waals surface area contributed by atoms with Gasteiger partial charge in [-0.25, -0.2) is 0 Å². The van der Waals surface area contributed by atoms with E-state index in [9.17, 15) is 9.59 Å². The van der Waals surface area contributed by atoms with Crippen molar-refractivity contribution in [3.8, 4) is 0 Å². The van der Waals surface area contributed by atoms with Gasteiger partial charge in [0.1, 0.15) is 0 Å². The van der Waals surface area contributed by atoms with Gasteiger partial charge in [0.05, 0.1) is 6.26 Å². The molecular weight excluding hydrogens is 414 g/mol. The Balaban J connectivity index is 1.61. The zero-order valence-electron chi connectivity index (χ0n) is 19.3. The largest absolute Gasteiger partial charge is 0.459 e. The molecular formula is C27H31N3O3. The molecule has 0 spiro atoms. The van der Waals surface area contributed by atoms with Crippen LogP contribution in [-0.4, -0.2) is 30.8 Å². The molecule has 1 aliphatic carbocycles. The Morgan fingerprint density at radius 2 is 1.73 bits per heavy atom. The predicted molar refractivity (Wildman–Crippen MR) is 130 cm³/mol. The van der Waals surface area contributed by atoms with Gasteiger partial charge in [-0.2, -0.15) is 0 Å². The fourth-order valence-electron chi connectivity index (χ4n) is 4.42. The van der Waals surface area contributed by atoms with Crippen LogP contribution in [0.3, 0.4) is 0 Å². The lowest BCUT2D eigenvalue weighted by Crippen LogP contribution is -2.30. The summed E-state index contributed by atoms with van der Waals surface area (Å²) in [6, 6.07) is 19.2. The molecule has 1 aromatic heterocycles. The van der Waals surface area contributed by atoms with Crippen LogP contribution in [0.1, 0.15) is 47.4 Å². The van der Waals surface area contributed by atoms with E-state index in [1.54, 1.807) is 17.0 Å². The molecule has 0 atom stereocenters. The van der Waals surface area contributed by atoms with E-state index < -0.39 is 0 Å². The summed E-state index contributed by atoms with van der Waals surface area (Å²) in [5, 5.41) is 3.09. The summed E-state index contributed by atoms with van der Waals surface area (Å²) >= 11 is 0. The minimum atomic E-state index is -0.172. The molecule has 6 nitrogen and oxygen atoms in total. The number of carbonyl (C=O) groups excluding carboxylic acids is 2. The first-order valence-corrected chi connectivity index (χ1v) is 11.5. The molecule has 0 saturated heterocycles. The van der Waals surface area contributed by atoms with E-state index >= 15 is 0 Å². The molecule has 1 heterocycles. The summed E-state index contributed by atoms with van der Waals surface area (Å²) in [5.41, 5.74) is 3.76. The Kier molecular flexibility index (Phi) is 7.13. The van der Waals surface area contributed by atoms with Crippen LogP contribution in [-0.2, 0) is 17.9 Å². The van der Waals surface area contributed by atoms with Gasteiger partial charge in [0.2, 0.25) is 5.91 Å². The van der Waals surface area contributed by atoms with Gasteiger partial charge in [-0.05, 0) is 54.3 Å². The predicted octanol–water partition coefficient (Wildman–Crippen LogP) is 5.32. The lowest BCUT2D eigenvalue weighted by Gasteiger charge is -2.26. The van der Waals surface area contributed by atoms with Crippen molar-refractivity contribution in [3.63, 3.8) is 0 Å². The van der Waals surface area contributed by atoms with Crippen LogP contribution < -0.4 is 10.2 Å². The summed E-state index contributed by atoms with van der Waals surface area (Å²) < 4.78 is 5.40. The third-order valence-corrected chi connectivity index (χ3v) is 6.15. The van der Waals surface area contributed by atoms with Crippen molar-refractivity contribution in [2.24, 2.45) is 5.92 Å². The fraction of sp³-hybridized carbons (Fsp3) is 0.333. The van der Waals surface area contributed by atoms with Gasteiger partial charge in [0, 0.05) is 44.5 Å². The average molecular weight is 446 g/mol. The highest BCUT2D eigenvalue weighted by molar-refractivity contribution is 5.93. The quantitative estimate of drug-likeness (QED) is 0.510. The number of furan rings is 1. The zero-order valence-corrected chi connectivity index (χ0v) is 19.3. The highest BCUT2D eigenvalue weighted by Gasteiger charge is 2.24. The van der Waals surface area contributed by atoms with Gasteiger partial charge in [-0.1, -0.05) is 43.2 Å². The standard InChI is InChI=1S/C27H31N3O3/c1-29(2)24-15-14-23(28-26(31)21-11-6-7-12-21)17-22(24)19-30(18-20-9-4-3-5-10-20)27(32)25-13-8-16-33-25/h3-5,8-10,13-17,21H,6-7,11-12,18-19H2,1-2H3,(H,28,31). The molecule has 1 N–H and O–H groups in total. The van der Waals surface area contributed by atoms with Gasteiger partial charge in [-0.15, -0.1) is 0 Å². The van der Waals surface area contributed by atoms with E-state index in [0.717, 1.165) is 48.2 Å². The van der Waals surface area contributed by atoms with Crippen molar-refractivity contribution in [1.82, 2.24) is 4.90 Å². The van der Waals surface area contributed by atoms with E-state index in [4.69, 9.17) is 4.42 Å². The maximum Gasteiger partial charge on any atom is 0.290 e. The number of nitrogens with one attached hydrogen (secondary N) is 1. The molecule has 2 amide bonds. The van der Waals surface area contributed by atoms with Crippen molar-refractivity contribution >= 4 is 23.2 Å². The molecule has 0 unspecified atom stereocenters. The summed E-state index contributed by atoms with van der Waals surface area (Å²) in [7, 11) is 3.96. The molecule has 1 saturated carbocycles. The Morgan fingerprint density at radius 1 is 0.970 bits per heavy atom. The highest BCUT2D eigenvalue weighted by Crippen LogP contribution is 2.29. The summed E-state index contributed by atoms with van der Waals surface area (Å²) in [6.45, 7) is 0.834. The molecule has 33 heavy (non-hydrogen) atoms. The minimum absolute atomic E-state index is 0.0869. The Hall–Kier alpha value is -3.54. The second-order valence-electron chi connectivity index (χ2n) is 8.83. The van der Waals surface area contributed by atoms with E-state index in [1.165, 1.54) is 6.26 Å². The van der Waals surface area contributed by atoms with Crippen molar-refractivity contribution in [3.05, 3.63) is 83.8 Å². The molecule has 3 aromatic rings. The number of hydrogen-bond acceptors (Lipinski definition) is 4. The summed E-state index contributed by atoms with van der Waals surface area (Å²) in [5.74, 6) is 0.318. The first-order valence-electron chi connectivity index (χ1n) is 11.5. The van der Waals surface area contributed by atoms with Crippen molar-refractivity contribution < 1.29 is 14.0 Å². The van der Waals surface area contributed by atoms with Crippen LogP contribution in [0.5, 0.6) is 0 Å². The summed E-state index contributed by atoms with van der Waals surface area (Å²) in [6.07, 6.45) is 5.66. The van der Waals surface area contributed by atoms with Crippen molar-refractivity contribution in [1.29, 1.82) is 0 Å². The Morgan fingerprint density at radius 3 is 2.39 bits per heavy atom. The number of hydrogen-bond donors (Lipinski definition) is 1. The number of benzene rings is 2. The molecule has 4 rings (SSSR count). The van der Waals surface area contributed by atoms with Gasteiger partial charge < -0.3 is 19.5 Å². The van der Waals surface area contributed by atoms with Crippen molar-refractivity contribution in [2.75, 3.05) is 24.3 Å². The van der Waals surface area contributed by atoms with Gasteiger partial charge in [0.25, 0.3) is 5.91 Å². The average Bonchev–Trinajstić information content (AvgIpc) is 3.53. The van der Waals surface area contributed by atoms with E-state index in [-0.39, 0.29) is 17.7 Å². The maximum atomic E-state index is 13.3. The monoisotopic (exact) mass is 445 g/mol. The lowest BCUT2D eigenvalue weighted by atomic mass is 10.1. The third-order valence-electron chi connectivity index (χ3n) is 6.15. The summed E-state index contributed by atoms with van der Waals surface area (Å²) in [4.78, 5) is 29.8. The SMILES string of the molecule is CN(C)c1ccc(NC(=O)C2CCCC2)cc1CN(Cc1ccccc1)C(=O)c1ccco1. The Labute approximate surface area is 195 Å². The molecule has 1 aliphatic rings. The zero-order chi connectivity index (χ0) is 23.2. The first kappa shape index (κ1) is 22.6. The first-order chi connectivity index (χ1) is 16.0. The highest BCUT2D eigenvalue weighted by atomic mass is 16.3. The van der Waals surface area contributed by atoms with E-state index in [1.807, 2.05) is 67.5 Å². The lowest BCUT2D eigenvalue weighted by molar-refractivity contribution is -0.119. The second-order valence-corrected chi connectivity index (χ2v) is 8.83. The topological polar surface area (TPSA) is 65.8 Å². The van der Waals surface area contributed by atoms with Gasteiger partial charge in [-0.3, -0.25) is 9.59 Å². The number of nitrogens with zero attached hydrogens (tertiary/aromatic N) is 2. The molecule has 0 aliphatic heterocycles. The van der Waals surface area contributed by atoms with Crippen LogP contribution in [0.25, 0.3) is 0 Å². The third kappa shape index (κ3) is 5.64. The van der Waals surface area contributed by atoms with Crippen LogP contribution in [0.4, 0.5) is 11.4 Å². The molecule has 172 valence electrons. The molecule has 0 bridgehead atoms. The number of amides is 2. The van der Waals surface area contributed by atoms with E-state index in [2.05, 4.69) is 5.32 Å². The van der Waals surface area contributed by atoms with Gasteiger partial charge >= 0.3 is 0 Å². The second kappa shape index (κ2) is 10.4. The van der Waals surface area contributed by atoms with Crippen LogP contribution in [0.2, 0.25) is 0 Å². The molecule has 1 fully saturated rings. The van der Waals surface area contributed by atoms with E-state index in [0.29, 0.717) is 18.8 Å². The van der Waals surface area contributed by atoms with Crippen LogP contribution in [0, 0.1) is 5.92 Å².